The molecule has 3 aromatic carbocycles. The number of aryl methyl sites for hydroxylation is 1. The molecule has 0 radical (unpaired) electrons. The summed E-state index contributed by atoms with van der Waals surface area (Å²) in [5, 5.41) is 10.0. The number of carbonyl (C=O) groups is 3. The molecule has 1 aliphatic heterocycles. The van der Waals surface area contributed by atoms with E-state index in [0.717, 1.165) is 17.5 Å². The Labute approximate surface area is 196 Å². The molecule has 5 rings (SSSR count). The first-order valence-electron chi connectivity index (χ1n) is 11.1. The van der Waals surface area contributed by atoms with E-state index >= 15 is 0 Å². The van der Waals surface area contributed by atoms with Gasteiger partial charge in [0.2, 0.25) is 5.91 Å². The van der Waals surface area contributed by atoms with Gasteiger partial charge >= 0.3 is 6.03 Å². The molecule has 0 aliphatic carbocycles. The van der Waals surface area contributed by atoms with Gasteiger partial charge in [-0.2, -0.15) is 0 Å². The summed E-state index contributed by atoms with van der Waals surface area (Å²) in [6.07, 6.45) is 3.27. The number of hydrogen-bond acceptors (Lipinski definition) is 3. The average molecular weight is 453 g/mol. The van der Waals surface area contributed by atoms with Crippen molar-refractivity contribution >= 4 is 51.4 Å². The minimum absolute atomic E-state index is 0.293. The number of hydrogen-bond donors (Lipinski definition) is 3. The Bertz CT molecular complexity index is 1500. The Hall–Kier alpha value is -4.39. The minimum Gasteiger partial charge on any atom is -0.341 e. The summed E-state index contributed by atoms with van der Waals surface area (Å²) in [6, 6.07) is 20.8. The fourth-order valence-corrected chi connectivity index (χ4v) is 4.53. The molecule has 4 aromatic rings. The number of urea groups is 1. The third-order valence-electron chi connectivity index (χ3n) is 6.29. The predicted octanol–water partition coefficient (Wildman–Crippen LogP) is 4.52. The summed E-state index contributed by atoms with van der Waals surface area (Å²) in [5.74, 6) is -0.723. The number of nitrogens with zero attached hydrogens (tertiary/aromatic N) is 1. The first-order valence-corrected chi connectivity index (χ1v) is 11.1. The van der Waals surface area contributed by atoms with Gasteiger partial charge in [0.25, 0.3) is 5.91 Å². The van der Waals surface area contributed by atoms with Crippen LogP contribution in [0.5, 0.6) is 0 Å². The number of imide groups is 1. The zero-order valence-corrected chi connectivity index (χ0v) is 18.9. The van der Waals surface area contributed by atoms with Crippen LogP contribution in [0, 0.1) is 0 Å². The standard InChI is InChI=1S/C27H24N4O3/c1-3-31-22-10-5-4-9-20(22)21-15-17(11-13-23(21)31)12-14-24(32)28-19-8-6-7-18(16-19)27(2)25(33)29-26(34)30-27/h4-16H,3H2,1-2H3,(H,28,32)(H2,29,30,33,34). The maximum absolute atomic E-state index is 12.6. The molecule has 34 heavy (non-hydrogen) atoms. The third kappa shape index (κ3) is 3.61. The number of anilines is 1. The van der Waals surface area contributed by atoms with Crippen LogP contribution in [0.4, 0.5) is 10.5 Å². The quantitative estimate of drug-likeness (QED) is 0.307. The van der Waals surface area contributed by atoms with Crippen molar-refractivity contribution in [2.75, 3.05) is 5.32 Å². The Kier molecular flexibility index (Phi) is 5.17. The van der Waals surface area contributed by atoms with Gasteiger partial charge in [-0.1, -0.05) is 36.4 Å². The van der Waals surface area contributed by atoms with Crippen molar-refractivity contribution in [3.8, 4) is 0 Å². The van der Waals surface area contributed by atoms with Gasteiger partial charge in [0, 0.05) is 40.1 Å². The maximum atomic E-state index is 12.6. The van der Waals surface area contributed by atoms with E-state index in [1.165, 1.54) is 22.5 Å². The van der Waals surface area contributed by atoms with Crippen LogP contribution in [0.3, 0.4) is 0 Å². The molecule has 1 fully saturated rings. The SMILES string of the molecule is CCn1c2ccccc2c2cc(C=CC(=O)Nc3cccc(C4(C)NC(=O)NC4=O)c3)ccc21. The second-order valence-electron chi connectivity index (χ2n) is 8.47. The van der Waals surface area contributed by atoms with Gasteiger partial charge in [-0.15, -0.1) is 0 Å². The van der Waals surface area contributed by atoms with E-state index in [1.807, 2.05) is 18.2 Å². The number of carbonyl (C=O) groups excluding carboxylic acids is 3. The normalized spacial score (nSPS) is 17.9. The summed E-state index contributed by atoms with van der Waals surface area (Å²) in [6.45, 7) is 4.64. The van der Waals surface area contributed by atoms with Gasteiger partial charge in [-0.3, -0.25) is 14.9 Å². The third-order valence-corrected chi connectivity index (χ3v) is 6.29. The topological polar surface area (TPSA) is 92.2 Å². The highest BCUT2D eigenvalue weighted by molar-refractivity contribution is 6.09. The Morgan fingerprint density at radius 1 is 1.00 bits per heavy atom. The fourth-order valence-electron chi connectivity index (χ4n) is 4.53. The lowest BCUT2D eigenvalue weighted by Gasteiger charge is -2.21. The fraction of sp³-hybridized carbons (Fsp3) is 0.148. The van der Waals surface area contributed by atoms with Crippen LogP contribution < -0.4 is 16.0 Å². The van der Waals surface area contributed by atoms with Gasteiger partial charge in [0.1, 0.15) is 5.54 Å². The summed E-state index contributed by atoms with van der Waals surface area (Å²) in [5.41, 5.74) is 3.21. The number of fused-ring (bicyclic) bond motifs is 3. The van der Waals surface area contributed by atoms with E-state index in [2.05, 4.69) is 51.7 Å². The van der Waals surface area contributed by atoms with Crippen LogP contribution in [0.2, 0.25) is 0 Å². The monoisotopic (exact) mass is 452 g/mol. The molecule has 170 valence electrons. The van der Waals surface area contributed by atoms with Crippen molar-refractivity contribution in [1.82, 2.24) is 15.2 Å². The lowest BCUT2D eigenvalue weighted by atomic mass is 9.92. The molecule has 0 spiro atoms. The summed E-state index contributed by atoms with van der Waals surface area (Å²) >= 11 is 0. The molecule has 2 heterocycles. The molecule has 7 heteroatoms. The molecule has 1 aliphatic rings. The van der Waals surface area contributed by atoms with Crippen LogP contribution in [-0.4, -0.2) is 22.4 Å². The van der Waals surface area contributed by atoms with Crippen LogP contribution in [-0.2, 0) is 21.7 Å². The Balaban J connectivity index is 1.37. The van der Waals surface area contributed by atoms with Crippen molar-refractivity contribution in [3.63, 3.8) is 0 Å². The van der Waals surface area contributed by atoms with Crippen molar-refractivity contribution in [2.24, 2.45) is 0 Å². The molecule has 1 atom stereocenters. The van der Waals surface area contributed by atoms with E-state index in [0.29, 0.717) is 11.3 Å². The van der Waals surface area contributed by atoms with Crippen molar-refractivity contribution in [1.29, 1.82) is 0 Å². The van der Waals surface area contributed by atoms with Gasteiger partial charge in [-0.05, 0) is 61.4 Å². The van der Waals surface area contributed by atoms with Crippen molar-refractivity contribution in [3.05, 3.63) is 83.9 Å². The van der Waals surface area contributed by atoms with Gasteiger partial charge < -0.3 is 15.2 Å². The smallest absolute Gasteiger partial charge is 0.322 e. The highest BCUT2D eigenvalue weighted by Crippen LogP contribution is 2.30. The molecule has 0 saturated carbocycles. The number of benzene rings is 3. The van der Waals surface area contributed by atoms with Crippen molar-refractivity contribution in [2.45, 2.75) is 25.9 Å². The molecule has 1 saturated heterocycles. The highest BCUT2D eigenvalue weighted by atomic mass is 16.2. The second kappa shape index (κ2) is 8.19. The Morgan fingerprint density at radius 2 is 1.79 bits per heavy atom. The summed E-state index contributed by atoms with van der Waals surface area (Å²) in [7, 11) is 0. The van der Waals surface area contributed by atoms with Crippen LogP contribution in [0.1, 0.15) is 25.0 Å². The maximum Gasteiger partial charge on any atom is 0.322 e. The number of amides is 4. The highest BCUT2D eigenvalue weighted by Gasteiger charge is 2.43. The van der Waals surface area contributed by atoms with Crippen molar-refractivity contribution < 1.29 is 14.4 Å². The van der Waals surface area contributed by atoms with E-state index in [1.54, 1.807) is 37.3 Å². The largest absolute Gasteiger partial charge is 0.341 e. The average Bonchev–Trinajstić information content (AvgIpc) is 3.30. The molecule has 4 amide bonds. The number of nitrogens with one attached hydrogen (secondary N) is 3. The zero-order chi connectivity index (χ0) is 23.9. The Morgan fingerprint density at radius 3 is 2.56 bits per heavy atom. The van der Waals surface area contributed by atoms with E-state index in [4.69, 9.17) is 0 Å². The first-order chi connectivity index (χ1) is 16.4. The molecule has 0 bridgehead atoms. The number of rotatable bonds is 5. The predicted molar refractivity (Wildman–Crippen MR) is 133 cm³/mol. The zero-order valence-electron chi connectivity index (χ0n) is 18.9. The van der Waals surface area contributed by atoms with Crippen LogP contribution >= 0.6 is 0 Å². The minimum atomic E-state index is -1.18. The van der Waals surface area contributed by atoms with Gasteiger partial charge in [0.05, 0.1) is 0 Å². The molecule has 1 aromatic heterocycles. The lowest BCUT2D eigenvalue weighted by molar-refractivity contribution is -0.123. The molecule has 3 N–H and O–H groups in total. The van der Waals surface area contributed by atoms with E-state index in [-0.39, 0.29) is 5.91 Å². The molecular formula is C27H24N4O3. The molecular weight excluding hydrogens is 428 g/mol. The molecule has 7 nitrogen and oxygen atoms in total. The second-order valence-corrected chi connectivity index (χ2v) is 8.47. The number of aromatic nitrogens is 1. The number of para-hydroxylation sites is 1. The summed E-state index contributed by atoms with van der Waals surface area (Å²) in [4.78, 5) is 36.4. The van der Waals surface area contributed by atoms with E-state index < -0.39 is 17.5 Å². The van der Waals surface area contributed by atoms with Gasteiger partial charge in [-0.25, -0.2) is 4.79 Å². The van der Waals surface area contributed by atoms with E-state index in [9.17, 15) is 14.4 Å². The first kappa shape index (κ1) is 21.5. The van der Waals surface area contributed by atoms with Crippen LogP contribution in [0.25, 0.3) is 27.9 Å². The van der Waals surface area contributed by atoms with Crippen LogP contribution in [0.15, 0.2) is 72.8 Å². The summed E-state index contributed by atoms with van der Waals surface area (Å²) < 4.78 is 2.28. The molecule has 1 unspecified atom stereocenters. The lowest BCUT2D eigenvalue weighted by Crippen LogP contribution is -2.40. The van der Waals surface area contributed by atoms with Gasteiger partial charge in [0.15, 0.2) is 0 Å².